The number of fused-ring (bicyclic) bond motifs is 1. The van der Waals surface area contributed by atoms with Gasteiger partial charge < -0.3 is 20.5 Å². The molecule has 8 nitrogen and oxygen atoms in total. The Kier molecular flexibility index (Phi) is 8.34. The van der Waals surface area contributed by atoms with Gasteiger partial charge in [-0.2, -0.15) is 4.98 Å². The van der Waals surface area contributed by atoms with Gasteiger partial charge in [0.15, 0.2) is 17.3 Å². The highest BCUT2D eigenvalue weighted by Gasteiger charge is 2.71. The minimum atomic E-state index is -1.03. The van der Waals surface area contributed by atoms with Crippen LogP contribution in [0.15, 0.2) is 0 Å². The van der Waals surface area contributed by atoms with Crippen molar-refractivity contribution in [1.29, 1.82) is 0 Å². The standard InChI is InChI=1S/C40H61F3N6O2/c1-20-23(41)21(2)25(43)27(24(20)42)46-31-45-26-22(3)44-30(47-28(26)49(31)39(18)36(12,13)37(14,15)51-38(39,16)17)48-29-32(4,5)34(8,9)40(19,50)35(10,11)33(29,6)7/h29,50H,1-19H3,(H,45,46)(H,44,47,48). The van der Waals surface area contributed by atoms with E-state index in [1.54, 1.807) is 0 Å². The topological polar surface area (TPSA) is 97.1 Å². The van der Waals surface area contributed by atoms with Gasteiger partial charge in [-0.05, 0) is 73.1 Å². The summed E-state index contributed by atoms with van der Waals surface area (Å²) in [6.07, 6.45) is 0. The Morgan fingerprint density at radius 1 is 0.647 bits per heavy atom. The van der Waals surface area contributed by atoms with Gasteiger partial charge in [0.25, 0.3) is 0 Å². The van der Waals surface area contributed by atoms with Gasteiger partial charge in [-0.1, -0.05) is 69.2 Å². The molecule has 1 aliphatic heterocycles. The van der Waals surface area contributed by atoms with Gasteiger partial charge in [-0.15, -0.1) is 0 Å². The van der Waals surface area contributed by atoms with Crippen molar-refractivity contribution in [3.63, 3.8) is 0 Å². The van der Waals surface area contributed by atoms with Crippen LogP contribution in [0.1, 0.15) is 128 Å². The predicted molar refractivity (Wildman–Crippen MR) is 199 cm³/mol. The summed E-state index contributed by atoms with van der Waals surface area (Å²) in [5, 5.41) is 18.8. The van der Waals surface area contributed by atoms with E-state index in [2.05, 4.69) is 86.8 Å². The fourth-order valence-corrected chi connectivity index (χ4v) is 9.74. The van der Waals surface area contributed by atoms with Gasteiger partial charge in [0, 0.05) is 33.4 Å². The number of ether oxygens (including phenoxy) is 1. The molecule has 11 heteroatoms. The number of benzene rings is 1. The zero-order chi connectivity index (χ0) is 39.2. The van der Waals surface area contributed by atoms with Crippen molar-refractivity contribution >= 4 is 28.7 Å². The van der Waals surface area contributed by atoms with Crippen molar-refractivity contribution < 1.29 is 23.0 Å². The molecule has 1 aliphatic carbocycles. The van der Waals surface area contributed by atoms with Crippen molar-refractivity contribution in [1.82, 2.24) is 19.5 Å². The molecule has 0 spiro atoms. The van der Waals surface area contributed by atoms with Crippen LogP contribution in [0, 0.1) is 65.3 Å². The zero-order valence-electron chi connectivity index (χ0n) is 34.4. The Balaban J connectivity index is 1.83. The lowest BCUT2D eigenvalue weighted by atomic mass is 9.37. The molecule has 284 valence electrons. The number of hydrogen-bond acceptors (Lipinski definition) is 7. The van der Waals surface area contributed by atoms with E-state index in [1.807, 2.05) is 46.1 Å². The molecule has 3 heterocycles. The fourth-order valence-electron chi connectivity index (χ4n) is 9.74. The molecule has 2 fully saturated rings. The number of aryl methyl sites for hydroxylation is 1. The first-order valence-corrected chi connectivity index (χ1v) is 18.1. The Labute approximate surface area is 302 Å². The van der Waals surface area contributed by atoms with Gasteiger partial charge in [0.2, 0.25) is 11.9 Å². The van der Waals surface area contributed by atoms with Crippen molar-refractivity contribution in [2.24, 2.45) is 27.1 Å². The zero-order valence-corrected chi connectivity index (χ0v) is 34.4. The molecule has 0 radical (unpaired) electrons. The second kappa shape index (κ2) is 10.8. The van der Waals surface area contributed by atoms with Gasteiger partial charge in [0.05, 0.1) is 28.0 Å². The fraction of sp³-hybridized carbons (Fsp3) is 0.725. The highest BCUT2D eigenvalue weighted by molar-refractivity contribution is 5.80. The molecular weight excluding hydrogens is 653 g/mol. The number of anilines is 3. The predicted octanol–water partition coefficient (Wildman–Crippen LogP) is 9.89. The maximum Gasteiger partial charge on any atom is 0.225 e. The molecular formula is C40H61F3N6O2. The maximum atomic E-state index is 15.7. The largest absolute Gasteiger partial charge is 0.389 e. The summed E-state index contributed by atoms with van der Waals surface area (Å²) >= 11 is 0. The molecule has 1 saturated heterocycles. The first-order valence-electron chi connectivity index (χ1n) is 18.1. The Morgan fingerprint density at radius 2 is 1.12 bits per heavy atom. The normalized spacial score (nSPS) is 29.7. The molecule has 2 aromatic heterocycles. The van der Waals surface area contributed by atoms with Gasteiger partial charge in [-0.25, -0.2) is 23.1 Å². The Bertz CT molecular complexity index is 1880. The van der Waals surface area contributed by atoms with E-state index in [9.17, 15) is 9.50 Å². The number of aliphatic hydroxyl groups is 1. The summed E-state index contributed by atoms with van der Waals surface area (Å²) in [4.78, 5) is 15.1. The highest BCUT2D eigenvalue weighted by Crippen LogP contribution is 2.68. The summed E-state index contributed by atoms with van der Waals surface area (Å²) in [6.45, 7) is 37.9. The van der Waals surface area contributed by atoms with E-state index in [0.29, 0.717) is 22.8 Å². The van der Waals surface area contributed by atoms with E-state index in [1.165, 1.54) is 13.8 Å². The Morgan fingerprint density at radius 3 is 1.55 bits per heavy atom. The average molecular weight is 715 g/mol. The van der Waals surface area contributed by atoms with Crippen molar-refractivity contribution in [2.45, 2.75) is 160 Å². The average Bonchev–Trinajstić information content (AvgIpc) is 3.40. The number of aromatic nitrogens is 4. The first kappa shape index (κ1) is 39.3. The monoisotopic (exact) mass is 714 g/mol. The van der Waals surface area contributed by atoms with Crippen molar-refractivity contribution in [3.05, 3.63) is 34.3 Å². The minimum Gasteiger partial charge on any atom is -0.389 e. The smallest absolute Gasteiger partial charge is 0.225 e. The van der Waals surface area contributed by atoms with Gasteiger partial charge in [0.1, 0.15) is 17.0 Å². The van der Waals surface area contributed by atoms with E-state index < -0.39 is 72.6 Å². The second-order valence-electron chi connectivity index (χ2n) is 19.4. The molecule has 5 rings (SSSR count). The lowest BCUT2D eigenvalue weighted by Crippen LogP contribution is -2.75. The van der Waals surface area contributed by atoms with Crippen LogP contribution in [-0.4, -0.2) is 47.5 Å². The van der Waals surface area contributed by atoms with Crippen LogP contribution in [-0.2, 0) is 10.3 Å². The molecule has 51 heavy (non-hydrogen) atoms. The quantitative estimate of drug-likeness (QED) is 0.242. The molecule has 0 amide bonds. The van der Waals surface area contributed by atoms with Crippen LogP contribution >= 0.6 is 0 Å². The van der Waals surface area contributed by atoms with Crippen LogP contribution in [0.3, 0.4) is 0 Å². The third-order valence-electron chi connectivity index (χ3n) is 15.9. The van der Waals surface area contributed by atoms with Crippen LogP contribution in [0.5, 0.6) is 0 Å². The second-order valence-corrected chi connectivity index (χ2v) is 19.4. The molecule has 3 N–H and O–H groups in total. The number of halogens is 3. The first-order chi connectivity index (χ1) is 22.7. The number of hydrogen-bond donors (Lipinski definition) is 3. The van der Waals surface area contributed by atoms with Crippen LogP contribution in [0.2, 0.25) is 0 Å². The summed E-state index contributed by atoms with van der Waals surface area (Å²) < 4.78 is 55.0. The highest BCUT2D eigenvalue weighted by atomic mass is 19.1. The van der Waals surface area contributed by atoms with Gasteiger partial charge >= 0.3 is 0 Å². The van der Waals surface area contributed by atoms with Crippen molar-refractivity contribution in [3.8, 4) is 0 Å². The Hall–Kier alpha value is -2.92. The van der Waals surface area contributed by atoms with E-state index in [4.69, 9.17) is 19.7 Å². The van der Waals surface area contributed by atoms with Crippen LogP contribution in [0.25, 0.3) is 11.2 Å². The molecule has 1 saturated carbocycles. The molecule has 3 aromatic rings. The SMILES string of the molecule is Cc1c(F)c(C)c(F)c(Nc2nc3c(C)nc(NC4C(C)(C)C(C)(C)C(C)(O)C(C)(C)C4(C)C)nc3n2C2(C)C(C)(C)OC(C)(C)C2(C)C)c1F. The number of nitrogens with zero attached hydrogens (tertiary/aromatic N) is 4. The number of nitrogens with one attached hydrogen (secondary N) is 2. The molecule has 2 aliphatic rings. The molecule has 1 unspecified atom stereocenters. The van der Waals surface area contributed by atoms with E-state index >= 15 is 8.78 Å². The van der Waals surface area contributed by atoms with Crippen LogP contribution in [0.4, 0.5) is 30.8 Å². The molecule has 0 bridgehead atoms. The van der Waals surface area contributed by atoms with Gasteiger partial charge in [-0.3, -0.25) is 4.57 Å². The third kappa shape index (κ3) is 4.61. The third-order valence-corrected chi connectivity index (χ3v) is 15.9. The lowest BCUT2D eigenvalue weighted by Gasteiger charge is -2.71. The summed E-state index contributed by atoms with van der Waals surface area (Å²) in [6, 6.07) is -0.202. The molecule has 1 atom stereocenters. The van der Waals surface area contributed by atoms with E-state index in [0.717, 1.165) is 0 Å². The van der Waals surface area contributed by atoms with Crippen LogP contribution < -0.4 is 10.6 Å². The minimum absolute atomic E-state index is 0.129. The summed E-state index contributed by atoms with van der Waals surface area (Å²) in [5.74, 6) is -2.49. The number of imidazole rings is 1. The summed E-state index contributed by atoms with van der Waals surface area (Å²) in [7, 11) is 0. The number of rotatable bonds is 5. The summed E-state index contributed by atoms with van der Waals surface area (Å²) in [5.41, 5.74) is -5.63. The lowest BCUT2D eigenvalue weighted by molar-refractivity contribution is -0.265. The van der Waals surface area contributed by atoms with Crippen molar-refractivity contribution in [2.75, 3.05) is 10.6 Å². The maximum absolute atomic E-state index is 15.7. The van der Waals surface area contributed by atoms with E-state index in [-0.39, 0.29) is 23.1 Å². The molecule has 1 aromatic carbocycles.